The number of hydrogen-bond acceptors (Lipinski definition) is 3. The highest BCUT2D eigenvalue weighted by atomic mass is 16.2. The number of nitrogens with two attached hydrogens (primary N) is 1. The van der Waals surface area contributed by atoms with Crippen molar-refractivity contribution >= 4 is 23.3 Å². The van der Waals surface area contributed by atoms with Gasteiger partial charge in [0.15, 0.2) is 0 Å². The molecule has 1 aromatic rings. The Labute approximate surface area is 149 Å². The summed E-state index contributed by atoms with van der Waals surface area (Å²) in [6.07, 6.45) is 7.19. The first-order chi connectivity index (χ1) is 12.1. The maximum Gasteiger partial charge on any atom is 0.319 e. The molecule has 0 unspecified atom stereocenters. The third-order valence-corrected chi connectivity index (χ3v) is 5.30. The molecule has 0 bridgehead atoms. The van der Waals surface area contributed by atoms with Gasteiger partial charge in [0, 0.05) is 19.1 Å². The summed E-state index contributed by atoms with van der Waals surface area (Å²) in [5.74, 6) is -0.587. The molecule has 6 heteroatoms. The topological polar surface area (TPSA) is 87.5 Å². The quantitative estimate of drug-likeness (QED) is 0.785. The van der Waals surface area contributed by atoms with Gasteiger partial charge in [-0.1, -0.05) is 25.0 Å². The van der Waals surface area contributed by atoms with Gasteiger partial charge in [-0.05, 0) is 44.2 Å². The number of piperidine rings is 1. The van der Waals surface area contributed by atoms with Crippen molar-refractivity contribution in [1.29, 1.82) is 0 Å². The number of rotatable bonds is 4. The molecule has 0 aromatic heterocycles. The highest BCUT2D eigenvalue weighted by molar-refractivity contribution is 5.93. The maximum absolute atomic E-state index is 12.5. The van der Waals surface area contributed by atoms with E-state index in [4.69, 9.17) is 5.73 Å². The highest BCUT2D eigenvalue weighted by Crippen LogP contribution is 2.29. The summed E-state index contributed by atoms with van der Waals surface area (Å²) in [4.78, 5) is 26.4. The van der Waals surface area contributed by atoms with Crippen LogP contribution in [0.3, 0.4) is 0 Å². The molecular formula is C19H28N4O2. The zero-order chi connectivity index (χ0) is 17.6. The molecule has 2 fully saturated rings. The van der Waals surface area contributed by atoms with Crippen LogP contribution in [0.25, 0.3) is 0 Å². The molecule has 2 aliphatic rings. The van der Waals surface area contributed by atoms with Gasteiger partial charge in [-0.25, -0.2) is 4.79 Å². The number of urea groups is 1. The standard InChI is InChI=1S/C19H28N4O2/c20-18(24)14-8-2-3-9-15(14)21-19(25)22-16-10-4-5-11-17(16)23-12-6-1-7-13-23/h4-5,10-11,14-15H,1-3,6-9,12-13H2,(H2,20,24)(H2,21,22,25)/t14-,15-/m0/s1. The van der Waals surface area contributed by atoms with Crippen LogP contribution in [-0.4, -0.2) is 31.1 Å². The monoisotopic (exact) mass is 344 g/mol. The average Bonchev–Trinajstić information content (AvgIpc) is 2.63. The Hall–Kier alpha value is -2.24. The lowest BCUT2D eigenvalue weighted by Gasteiger charge is -2.32. The Bertz CT molecular complexity index is 613. The van der Waals surface area contributed by atoms with Crippen LogP contribution in [0.5, 0.6) is 0 Å². The molecule has 1 saturated carbocycles. The lowest BCUT2D eigenvalue weighted by atomic mass is 9.84. The normalized spacial score (nSPS) is 23.8. The van der Waals surface area contributed by atoms with E-state index in [9.17, 15) is 9.59 Å². The van der Waals surface area contributed by atoms with Gasteiger partial charge < -0.3 is 21.3 Å². The number of para-hydroxylation sites is 2. The van der Waals surface area contributed by atoms with Crippen molar-refractivity contribution in [1.82, 2.24) is 5.32 Å². The van der Waals surface area contributed by atoms with Crippen LogP contribution < -0.4 is 21.3 Å². The molecule has 6 nitrogen and oxygen atoms in total. The minimum absolute atomic E-state index is 0.173. The Morgan fingerprint density at radius 2 is 1.72 bits per heavy atom. The van der Waals surface area contributed by atoms with Crippen molar-refractivity contribution < 1.29 is 9.59 Å². The first-order valence-electron chi connectivity index (χ1n) is 9.36. The van der Waals surface area contributed by atoms with E-state index in [0.717, 1.165) is 50.1 Å². The van der Waals surface area contributed by atoms with E-state index < -0.39 is 0 Å². The first kappa shape index (κ1) is 17.6. The lowest BCUT2D eigenvalue weighted by molar-refractivity contribution is -0.123. The molecule has 4 N–H and O–H groups in total. The van der Waals surface area contributed by atoms with Crippen molar-refractivity contribution in [2.24, 2.45) is 11.7 Å². The van der Waals surface area contributed by atoms with Crippen molar-refractivity contribution in [2.45, 2.75) is 51.0 Å². The first-order valence-corrected chi connectivity index (χ1v) is 9.36. The summed E-state index contributed by atoms with van der Waals surface area (Å²) >= 11 is 0. The van der Waals surface area contributed by atoms with Gasteiger partial charge >= 0.3 is 6.03 Å². The van der Waals surface area contributed by atoms with Gasteiger partial charge in [-0.15, -0.1) is 0 Å². The fourth-order valence-electron chi connectivity index (χ4n) is 3.96. The molecular weight excluding hydrogens is 316 g/mol. The van der Waals surface area contributed by atoms with Gasteiger partial charge in [-0.2, -0.15) is 0 Å². The number of hydrogen-bond donors (Lipinski definition) is 3. The molecule has 0 radical (unpaired) electrons. The van der Waals surface area contributed by atoms with E-state index in [2.05, 4.69) is 15.5 Å². The fourth-order valence-corrected chi connectivity index (χ4v) is 3.96. The zero-order valence-corrected chi connectivity index (χ0v) is 14.7. The third-order valence-electron chi connectivity index (χ3n) is 5.30. The number of nitrogens with one attached hydrogen (secondary N) is 2. The summed E-state index contributed by atoms with van der Waals surface area (Å²) in [5.41, 5.74) is 7.37. The number of anilines is 2. The van der Waals surface area contributed by atoms with E-state index in [1.165, 1.54) is 19.3 Å². The fraction of sp³-hybridized carbons (Fsp3) is 0.579. The molecule has 0 spiro atoms. The Morgan fingerprint density at radius 3 is 2.48 bits per heavy atom. The predicted octanol–water partition coefficient (Wildman–Crippen LogP) is 2.84. The second-order valence-corrected chi connectivity index (χ2v) is 7.06. The summed E-state index contributed by atoms with van der Waals surface area (Å²) in [5, 5.41) is 5.93. The Kier molecular flexibility index (Phi) is 5.79. The molecule has 1 aromatic carbocycles. The predicted molar refractivity (Wildman–Crippen MR) is 99.6 cm³/mol. The molecule has 3 rings (SSSR count). The van der Waals surface area contributed by atoms with Crippen molar-refractivity contribution in [3.8, 4) is 0 Å². The van der Waals surface area contributed by atoms with Crippen molar-refractivity contribution in [3.63, 3.8) is 0 Å². The summed E-state index contributed by atoms with van der Waals surface area (Å²) in [6, 6.07) is 7.47. The maximum atomic E-state index is 12.5. The number of carbonyl (C=O) groups is 2. The summed E-state index contributed by atoms with van der Waals surface area (Å²) in [7, 11) is 0. The van der Waals surface area contributed by atoms with Crippen LogP contribution in [-0.2, 0) is 4.79 Å². The van der Waals surface area contributed by atoms with Crippen molar-refractivity contribution in [2.75, 3.05) is 23.3 Å². The second-order valence-electron chi connectivity index (χ2n) is 7.06. The van der Waals surface area contributed by atoms with Gasteiger partial charge in [0.1, 0.15) is 0 Å². The van der Waals surface area contributed by atoms with Crippen LogP contribution >= 0.6 is 0 Å². The third kappa shape index (κ3) is 4.44. The minimum atomic E-state index is -0.321. The number of carbonyl (C=O) groups excluding carboxylic acids is 2. The minimum Gasteiger partial charge on any atom is -0.370 e. The number of benzene rings is 1. The smallest absolute Gasteiger partial charge is 0.319 e. The van der Waals surface area contributed by atoms with E-state index in [1.54, 1.807) is 0 Å². The van der Waals surface area contributed by atoms with Crippen LogP contribution in [0.1, 0.15) is 44.9 Å². The number of primary amides is 1. The average molecular weight is 344 g/mol. The zero-order valence-electron chi connectivity index (χ0n) is 14.7. The molecule has 136 valence electrons. The van der Waals surface area contributed by atoms with Gasteiger partial charge in [0.05, 0.1) is 17.3 Å². The Balaban J connectivity index is 1.65. The summed E-state index contributed by atoms with van der Waals surface area (Å²) in [6.45, 7) is 2.04. The highest BCUT2D eigenvalue weighted by Gasteiger charge is 2.30. The van der Waals surface area contributed by atoms with Crippen LogP contribution in [0.4, 0.5) is 16.2 Å². The molecule has 1 heterocycles. The molecule has 2 atom stereocenters. The Morgan fingerprint density at radius 1 is 1.00 bits per heavy atom. The van der Waals surface area contributed by atoms with Crippen LogP contribution in [0.15, 0.2) is 24.3 Å². The van der Waals surface area contributed by atoms with Gasteiger partial charge in [0.25, 0.3) is 0 Å². The molecule has 25 heavy (non-hydrogen) atoms. The largest absolute Gasteiger partial charge is 0.370 e. The van der Waals surface area contributed by atoms with E-state index >= 15 is 0 Å². The SMILES string of the molecule is NC(=O)[C@H]1CCCC[C@@H]1NC(=O)Nc1ccccc1N1CCCCC1. The van der Waals surface area contributed by atoms with E-state index in [0.29, 0.717) is 0 Å². The van der Waals surface area contributed by atoms with Crippen molar-refractivity contribution in [3.05, 3.63) is 24.3 Å². The number of amides is 3. The molecule has 3 amide bonds. The second kappa shape index (κ2) is 8.23. The van der Waals surface area contributed by atoms with Gasteiger partial charge in [0.2, 0.25) is 5.91 Å². The van der Waals surface area contributed by atoms with Gasteiger partial charge in [-0.3, -0.25) is 4.79 Å². The van der Waals surface area contributed by atoms with E-state index in [1.807, 2.05) is 24.3 Å². The van der Waals surface area contributed by atoms with Crippen LogP contribution in [0.2, 0.25) is 0 Å². The van der Waals surface area contributed by atoms with Crippen LogP contribution in [0, 0.1) is 5.92 Å². The molecule has 1 saturated heterocycles. The lowest BCUT2D eigenvalue weighted by Crippen LogP contribution is -2.48. The molecule has 1 aliphatic carbocycles. The van der Waals surface area contributed by atoms with E-state index in [-0.39, 0.29) is 23.9 Å². The molecule has 1 aliphatic heterocycles. The number of nitrogens with zero attached hydrogens (tertiary/aromatic N) is 1. The summed E-state index contributed by atoms with van der Waals surface area (Å²) < 4.78 is 0.